The lowest BCUT2D eigenvalue weighted by Gasteiger charge is -2.08. The summed E-state index contributed by atoms with van der Waals surface area (Å²) in [6, 6.07) is 11.9. The van der Waals surface area contributed by atoms with Gasteiger partial charge in [-0.25, -0.2) is 4.39 Å². The van der Waals surface area contributed by atoms with Crippen molar-refractivity contribution in [2.75, 3.05) is 5.32 Å². The summed E-state index contributed by atoms with van der Waals surface area (Å²) in [5.74, 6) is -2.19. The average Bonchev–Trinajstić information content (AvgIpc) is 2.53. The lowest BCUT2D eigenvalue weighted by Crippen LogP contribution is -2.18. The summed E-state index contributed by atoms with van der Waals surface area (Å²) < 4.78 is 13.5. The molecule has 3 N–H and O–H groups in total. The number of Topliss-reactive ketones (excluding diaryl/α,β-unsaturated/α-hetero) is 1. The second kappa shape index (κ2) is 7.31. The maximum Gasteiger partial charge on any atom is 0.250 e. The van der Waals surface area contributed by atoms with Crippen LogP contribution in [-0.4, -0.2) is 17.6 Å². The molecule has 118 valence electrons. The molecular weight excluding hydrogens is 299 g/mol. The molecule has 0 aliphatic rings. The van der Waals surface area contributed by atoms with Gasteiger partial charge in [0.05, 0.1) is 16.8 Å². The molecule has 0 saturated carbocycles. The minimum Gasteiger partial charge on any atom is -0.366 e. The van der Waals surface area contributed by atoms with Crippen LogP contribution in [0.5, 0.6) is 0 Å². The number of carbonyl (C=O) groups excluding carboxylic acids is 3. The molecule has 2 amide bonds. The molecule has 2 rings (SSSR count). The Morgan fingerprint density at radius 2 is 1.52 bits per heavy atom. The van der Waals surface area contributed by atoms with Crippen molar-refractivity contribution in [3.05, 3.63) is 65.5 Å². The smallest absolute Gasteiger partial charge is 0.250 e. The van der Waals surface area contributed by atoms with E-state index < -0.39 is 23.4 Å². The van der Waals surface area contributed by atoms with Crippen LogP contribution in [0.4, 0.5) is 10.1 Å². The molecule has 0 unspecified atom stereocenters. The molecule has 23 heavy (non-hydrogen) atoms. The molecule has 2 aromatic carbocycles. The second-order valence-corrected chi connectivity index (χ2v) is 4.86. The van der Waals surface area contributed by atoms with Gasteiger partial charge in [-0.05, 0) is 24.3 Å². The van der Waals surface area contributed by atoms with Crippen molar-refractivity contribution in [1.82, 2.24) is 0 Å². The number of primary amides is 1. The van der Waals surface area contributed by atoms with Crippen molar-refractivity contribution in [2.45, 2.75) is 12.8 Å². The van der Waals surface area contributed by atoms with Gasteiger partial charge in [0.1, 0.15) is 5.82 Å². The number of halogens is 1. The first-order valence-corrected chi connectivity index (χ1v) is 6.95. The number of hydrogen-bond donors (Lipinski definition) is 2. The molecule has 0 saturated heterocycles. The fraction of sp³-hybridized carbons (Fsp3) is 0.118. The third-order valence-electron chi connectivity index (χ3n) is 3.22. The number of carbonyl (C=O) groups is 3. The van der Waals surface area contributed by atoms with Crippen LogP contribution in [-0.2, 0) is 4.79 Å². The maximum atomic E-state index is 13.5. The van der Waals surface area contributed by atoms with E-state index in [4.69, 9.17) is 5.73 Å². The molecule has 0 fully saturated rings. The van der Waals surface area contributed by atoms with E-state index in [1.807, 2.05) is 0 Å². The summed E-state index contributed by atoms with van der Waals surface area (Å²) in [6.07, 6.45) is -0.258. The summed E-state index contributed by atoms with van der Waals surface area (Å²) in [6.45, 7) is 0. The van der Waals surface area contributed by atoms with E-state index >= 15 is 0 Å². The number of anilines is 1. The normalized spacial score (nSPS) is 10.1. The van der Waals surface area contributed by atoms with Crippen LogP contribution in [0.1, 0.15) is 33.6 Å². The van der Waals surface area contributed by atoms with E-state index in [1.165, 1.54) is 30.3 Å². The van der Waals surface area contributed by atoms with Gasteiger partial charge in [-0.3, -0.25) is 14.4 Å². The van der Waals surface area contributed by atoms with Gasteiger partial charge < -0.3 is 11.1 Å². The van der Waals surface area contributed by atoms with E-state index in [9.17, 15) is 18.8 Å². The molecule has 2 aromatic rings. The largest absolute Gasteiger partial charge is 0.366 e. The number of benzene rings is 2. The predicted molar refractivity (Wildman–Crippen MR) is 83.6 cm³/mol. The zero-order valence-corrected chi connectivity index (χ0v) is 12.2. The van der Waals surface area contributed by atoms with Gasteiger partial charge in [0, 0.05) is 12.8 Å². The first-order valence-electron chi connectivity index (χ1n) is 6.95. The summed E-state index contributed by atoms with van der Waals surface area (Å²) in [4.78, 5) is 35.1. The van der Waals surface area contributed by atoms with Crippen molar-refractivity contribution < 1.29 is 18.8 Å². The highest BCUT2D eigenvalue weighted by Gasteiger charge is 2.14. The Morgan fingerprint density at radius 1 is 0.913 bits per heavy atom. The number of rotatable bonds is 6. The minimum absolute atomic E-state index is 0.0437. The summed E-state index contributed by atoms with van der Waals surface area (Å²) >= 11 is 0. The van der Waals surface area contributed by atoms with Crippen LogP contribution in [0, 0.1) is 5.82 Å². The summed E-state index contributed by atoms with van der Waals surface area (Å²) in [5.41, 5.74) is 5.64. The number of amides is 2. The zero-order chi connectivity index (χ0) is 16.8. The molecule has 0 heterocycles. The summed E-state index contributed by atoms with van der Waals surface area (Å²) in [7, 11) is 0. The number of para-hydroxylation sites is 1. The highest BCUT2D eigenvalue weighted by molar-refractivity contribution is 6.04. The first-order chi connectivity index (χ1) is 11.0. The van der Waals surface area contributed by atoms with E-state index in [-0.39, 0.29) is 29.7 Å². The number of nitrogens with one attached hydrogen (secondary N) is 1. The van der Waals surface area contributed by atoms with Crippen LogP contribution in [0.2, 0.25) is 0 Å². The molecule has 0 aliphatic heterocycles. The highest BCUT2D eigenvalue weighted by atomic mass is 19.1. The lowest BCUT2D eigenvalue weighted by molar-refractivity contribution is -0.116. The Morgan fingerprint density at radius 3 is 2.17 bits per heavy atom. The van der Waals surface area contributed by atoms with Crippen molar-refractivity contribution in [3.63, 3.8) is 0 Å². The molecule has 0 aliphatic carbocycles. The van der Waals surface area contributed by atoms with Gasteiger partial charge in [0.15, 0.2) is 5.78 Å². The van der Waals surface area contributed by atoms with Gasteiger partial charge in [0.2, 0.25) is 5.91 Å². The van der Waals surface area contributed by atoms with Crippen LogP contribution < -0.4 is 11.1 Å². The van der Waals surface area contributed by atoms with Gasteiger partial charge in [0.25, 0.3) is 5.91 Å². The first kappa shape index (κ1) is 16.4. The molecule has 0 bridgehead atoms. The Kier molecular flexibility index (Phi) is 5.19. The molecule has 0 aromatic heterocycles. The van der Waals surface area contributed by atoms with Crippen molar-refractivity contribution in [2.24, 2.45) is 5.73 Å². The Labute approximate surface area is 132 Å². The Balaban J connectivity index is 1.97. The zero-order valence-electron chi connectivity index (χ0n) is 12.2. The van der Waals surface area contributed by atoms with Gasteiger partial charge >= 0.3 is 0 Å². The number of hydrogen-bond acceptors (Lipinski definition) is 3. The molecule has 0 atom stereocenters. The standard InChI is InChI=1S/C17H15FN2O3/c18-13-7-3-1-5-11(13)15(21)9-10-16(22)20-14-8-4-2-6-12(14)17(19)23/h1-8H,9-10H2,(H2,19,23)(H,20,22). The lowest BCUT2D eigenvalue weighted by atomic mass is 10.1. The molecule has 5 nitrogen and oxygen atoms in total. The van der Waals surface area contributed by atoms with Crippen LogP contribution in [0.15, 0.2) is 48.5 Å². The van der Waals surface area contributed by atoms with Crippen molar-refractivity contribution in [3.8, 4) is 0 Å². The van der Waals surface area contributed by atoms with E-state index in [2.05, 4.69) is 5.32 Å². The van der Waals surface area contributed by atoms with Crippen molar-refractivity contribution >= 4 is 23.3 Å². The fourth-order valence-corrected chi connectivity index (χ4v) is 2.07. The van der Waals surface area contributed by atoms with Crippen LogP contribution in [0.25, 0.3) is 0 Å². The average molecular weight is 314 g/mol. The fourth-order valence-electron chi connectivity index (χ4n) is 2.07. The highest BCUT2D eigenvalue weighted by Crippen LogP contribution is 2.15. The number of nitrogens with two attached hydrogens (primary N) is 1. The van der Waals surface area contributed by atoms with Gasteiger partial charge in [-0.15, -0.1) is 0 Å². The Bertz CT molecular complexity index is 759. The number of ketones is 1. The van der Waals surface area contributed by atoms with Crippen LogP contribution in [0.3, 0.4) is 0 Å². The van der Waals surface area contributed by atoms with Crippen molar-refractivity contribution in [1.29, 1.82) is 0 Å². The van der Waals surface area contributed by atoms with E-state index in [0.29, 0.717) is 0 Å². The van der Waals surface area contributed by atoms with E-state index in [0.717, 1.165) is 0 Å². The molecule has 0 spiro atoms. The second-order valence-electron chi connectivity index (χ2n) is 4.86. The third kappa shape index (κ3) is 4.23. The topological polar surface area (TPSA) is 89.3 Å². The molecule has 6 heteroatoms. The van der Waals surface area contributed by atoms with Crippen LogP contribution >= 0.6 is 0 Å². The SMILES string of the molecule is NC(=O)c1ccccc1NC(=O)CCC(=O)c1ccccc1F. The quantitative estimate of drug-likeness (QED) is 0.803. The molecule has 0 radical (unpaired) electrons. The van der Waals surface area contributed by atoms with Gasteiger partial charge in [-0.2, -0.15) is 0 Å². The van der Waals surface area contributed by atoms with Gasteiger partial charge in [-0.1, -0.05) is 24.3 Å². The Hall–Kier alpha value is -3.02. The molecular formula is C17H15FN2O3. The predicted octanol–water partition coefficient (Wildman–Crippen LogP) is 2.53. The third-order valence-corrected chi connectivity index (χ3v) is 3.22. The summed E-state index contributed by atoms with van der Waals surface area (Å²) in [5, 5.41) is 2.53. The minimum atomic E-state index is -0.664. The van der Waals surface area contributed by atoms with E-state index in [1.54, 1.807) is 18.2 Å². The maximum absolute atomic E-state index is 13.5. The monoisotopic (exact) mass is 314 g/mol.